The van der Waals surface area contributed by atoms with Crippen molar-refractivity contribution in [2.75, 3.05) is 0 Å². The Hall–Kier alpha value is -2.50. The number of rotatable bonds is 3. The van der Waals surface area contributed by atoms with Crippen molar-refractivity contribution in [3.05, 3.63) is 76.7 Å². The van der Waals surface area contributed by atoms with Crippen molar-refractivity contribution < 1.29 is 9.21 Å². The average Bonchev–Trinajstić information content (AvgIpc) is 3.11. The summed E-state index contributed by atoms with van der Waals surface area (Å²) in [5.41, 5.74) is 3.24. The summed E-state index contributed by atoms with van der Waals surface area (Å²) in [5, 5.41) is 3.54. The molecule has 2 heterocycles. The first kappa shape index (κ1) is 16.9. The van der Waals surface area contributed by atoms with Crippen molar-refractivity contribution >= 4 is 40.7 Å². The Bertz CT molecular complexity index is 1010. The number of amides is 1. The van der Waals surface area contributed by atoms with E-state index in [1.807, 2.05) is 49.4 Å². The van der Waals surface area contributed by atoms with E-state index < -0.39 is 0 Å². The van der Waals surface area contributed by atoms with Crippen LogP contribution < -0.4 is 5.32 Å². The van der Waals surface area contributed by atoms with Gasteiger partial charge >= 0.3 is 0 Å². The van der Waals surface area contributed by atoms with E-state index in [0.29, 0.717) is 22.9 Å². The highest BCUT2D eigenvalue weighted by molar-refractivity contribution is 7.99. The van der Waals surface area contributed by atoms with Crippen LogP contribution in [0, 0.1) is 0 Å². The van der Waals surface area contributed by atoms with Gasteiger partial charge < -0.3 is 9.73 Å². The van der Waals surface area contributed by atoms with E-state index in [-0.39, 0.29) is 5.91 Å². The van der Waals surface area contributed by atoms with E-state index in [1.54, 1.807) is 24.1 Å². The lowest BCUT2D eigenvalue weighted by Crippen LogP contribution is -2.22. The van der Waals surface area contributed by atoms with Crippen LogP contribution >= 0.6 is 23.4 Å². The fourth-order valence-electron chi connectivity index (χ4n) is 2.75. The maximum absolute atomic E-state index is 12.4. The highest BCUT2D eigenvalue weighted by Gasteiger charge is 2.17. The van der Waals surface area contributed by atoms with E-state index >= 15 is 0 Å². The Morgan fingerprint density at radius 3 is 2.85 bits per heavy atom. The quantitative estimate of drug-likeness (QED) is 0.653. The van der Waals surface area contributed by atoms with Gasteiger partial charge in [0.25, 0.3) is 5.91 Å². The maximum Gasteiger partial charge on any atom is 0.251 e. The second-order valence-electron chi connectivity index (χ2n) is 5.88. The summed E-state index contributed by atoms with van der Waals surface area (Å²) in [6.07, 6.45) is 1.59. The van der Waals surface area contributed by atoms with Crippen LogP contribution in [0.25, 0.3) is 0 Å². The third kappa shape index (κ3) is 3.41. The first-order chi connectivity index (χ1) is 12.6. The molecule has 0 spiro atoms. The van der Waals surface area contributed by atoms with Gasteiger partial charge in [-0.3, -0.25) is 9.79 Å². The molecule has 1 aliphatic heterocycles. The molecule has 1 amide bonds. The van der Waals surface area contributed by atoms with Crippen LogP contribution in [-0.4, -0.2) is 11.6 Å². The summed E-state index contributed by atoms with van der Waals surface area (Å²) in [6.45, 7) is 2.30. The van der Waals surface area contributed by atoms with E-state index in [4.69, 9.17) is 21.0 Å². The fourth-order valence-corrected chi connectivity index (χ4v) is 3.96. The smallest absolute Gasteiger partial charge is 0.251 e. The molecule has 0 aliphatic carbocycles. The molecule has 0 saturated heterocycles. The first-order valence-electron chi connectivity index (χ1n) is 8.08. The van der Waals surface area contributed by atoms with E-state index in [2.05, 4.69) is 5.32 Å². The highest BCUT2D eigenvalue weighted by Crippen LogP contribution is 2.41. The second kappa shape index (κ2) is 7.02. The second-order valence-corrected chi connectivity index (χ2v) is 7.40. The molecule has 0 atom stereocenters. The molecule has 26 heavy (non-hydrogen) atoms. The summed E-state index contributed by atoms with van der Waals surface area (Å²) in [7, 11) is 0. The highest BCUT2D eigenvalue weighted by atomic mass is 35.5. The number of nitrogens with zero attached hydrogens (tertiary/aromatic N) is 1. The lowest BCUT2D eigenvalue weighted by Gasteiger charge is -2.08. The monoisotopic (exact) mass is 382 g/mol. The molecule has 6 heteroatoms. The number of fused-ring (bicyclic) bond motifs is 2. The Morgan fingerprint density at radius 2 is 2.04 bits per heavy atom. The number of furan rings is 1. The zero-order valence-corrected chi connectivity index (χ0v) is 15.5. The molecular formula is C20H15ClN2O2S. The number of aliphatic imine (C=N–C) groups is 1. The molecular weight excluding hydrogens is 368 g/mol. The lowest BCUT2D eigenvalue weighted by atomic mass is 10.1. The molecule has 1 aliphatic rings. The largest absolute Gasteiger partial charge is 0.467 e. The summed E-state index contributed by atoms with van der Waals surface area (Å²) in [5.74, 6) is 0.553. The summed E-state index contributed by atoms with van der Waals surface area (Å²) < 4.78 is 5.24. The molecule has 4 nitrogen and oxygen atoms in total. The minimum absolute atomic E-state index is 0.160. The van der Waals surface area contributed by atoms with Crippen LogP contribution in [0.5, 0.6) is 0 Å². The molecule has 1 aromatic heterocycles. The molecule has 130 valence electrons. The molecule has 4 rings (SSSR count). The van der Waals surface area contributed by atoms with Crippen LogP contribution in [0.1, 0.15) is 28.6 Å². The van der Waals surface area contributed by atoms with E-state index in [1.165, 1.54) is 0 Å². The normalized spacial score (nSPS) is 12.6. The Balaban J connectivity index is 1.62. The molecule has 0 bridgehead atoms. The van der Waals surface area contributed by atoms with Crippen molar-refractivity contribution in [2.45, 2.75) is 23.3 Å². The number of hydrogen-bond donors (Lipinski definition) is 1. The van der Waals surface area contributed by atoms with Crippen molar-refractivity contribution in [1.82, 2.24) is 5.32 Å². The standard InChI is InChI=1S/C20H15ClN2O2S/c1-12-16-10-14(21)5-7-18(16)26-19-6-4-13(9-17(19)23-12)20(24)22-11-15-3-2-8-25-15/h2-10H,11H2,1H3,(H,22,24). The Labute approximate surface area is 160 Å². The van der Waals surface area contributed by atoms with Gasteiger partial charge in [0.05, 0.1) is 18.5 Å². The number of halogens is 1. The Morgan fingerprint density at radius 1 is 1.19 bits per heavy atom. The zero-order valence-electron chi connectivity index (χ0n) is 14.0. The SMILES string of the molecule is CC1=Nc2cc(C(=O)NCc3ccco3)ccc2Sc2ccc(Cl)cc21. The lowest BCUT2D eigenvalue weighted by molar-refractivity contribution is 0.0948. The Kier molecular flexibility index (Phi) is 4.57. The van der Waals surface area contributed by atoms with Gasteiger partial charge in [-0.1, -0.05) is 23.4 Å². The summed E-state index contributed by atoms with van der Waals surface area (Å²) >= 11 is 7.75. The summed E-state index contributed by atoms with van der Waals surface area (Å²) in [6, 6.07) is 15.0. The predicted octanol–water partition coefficient (Wildman–Crippen LogP) is 5.47. The van der Waals surface area contributed by atoms with Gasteiger partial charge in [-0.25, -0.2) is 0 Å². The first-order valence-corrected chi connectivity index (χ1v) is 9.27. The molecule has 1 N–H and O–H groups in total. The van der Waals surface area contributed by atoms with Crippen molar-refractivity contribution in [3.8, 4) is 0 Å². The fraction of sp³-hybridized carbons (Fsp3) is 0.100. The van der Waals surface area contributed by atoms with Crippen molar-refractivity contribution in [3.63, 3.8) is 0 Å². The van der Waals surface area contributed by atoms with Crippen LogP contribution in [0.3, 0.4) is 0 Å². The van der Waals surface area contributed by atoms with Gasteiger partial charge in [0.1, 0.15) is 5.76 Å². The van der Waals surface area contributed by atoms with Gasteiger partial charge in [0.15, 0.2) is 0 Å². The van der Waals surface area contributed by atoms with Gasteiger partial charge in [-0.2, -0.15) is 0 Å². The number of nitrogens with one attached hydrogen (secondary N) is 1. The van der Waals surface area contributed by atoms with Crippen LogP contribution in [0.15, 0.2) is 74.0 Å². The summed E-state index contributed by atoms with van der Waals surface area (Å²) in [4.78, 5) is 19.3. The third-order valence-electron chi connectivity index (χ3n) is 4.06. The molecule has 0 radical (unpaired) electrons. The number of benzene rings is 2. The number of carbonyl (C=O) groups is 1. The minimum atomic E-state index is -0.160. The van der Waals surface area contributed by atoms with Crippen molar-refractivity contribution in [2.24, 2.45) is 4.99 Å². The van der Waals surface area contributed by atoms with Gasteiger partial charge in [0, 0.05) is 31.7 Å². The minimum Gasteiger partial charge on any atom is -0.467 e. The van der Waals surface area contributed by atoms with Crippen LogP contribution in [-0.2, 0) is 6.54 Å². The van der Waals surface area contributed by atoms with E-state index in [0.717, 1.165) is 26.8 Å². The van der Waals surface area contributed by atoms with E-state index in [9.17, 15) is 4.79 Å². The molecule has 0 saturated carbocycles. The number of carbonyl (C=O) groups excluding carboxylic acids is 1. The topological polar surface area (TPSA) is 54.6 Å². The molecule has 2 aromatic carbocycles. The molecule has 0 unspecified atom stereocenters. The van der Waals surface area contributed by atoms with Gasteiger partial charge in [-0.15, -0.1) is 0 Å². The third-order valence-corrected chi connectivity index (χ3v) is 5.44. The average molecular weight is 383 g/mol. The molecule has 3 aromatic rings. The zero-order chi connectivity index (χ0) is 18.1. The maximum atomic E-state index is 12.4. The van der Waals surface area contributed by atoms with Gasteiger partial charge in [-0.05, 0) is 55.5 Å². The predicted molar refractivity (Wildman–Crippen MR) is 104 cm³/mol. The van der Waals surface area contributed by atoms with Crippen LogP contribution in [0.2, 0.25) is 5.02 Å². The van der Waals surface area contributed by atoms with Crippen molar-refractivity contribution in [1.29, 1.82) is 0 Å². The number of hydrogen-bond acceptors (Lipinski definition) is 4. The van der Waals surface area contributed by atoms with Gasteiger partial charge in [0.2, 0.25) is 0 Å². The molecule has 0 fully saturated rings. The van der Waals surface area contributed by atoms with Crippen LogP contribution in [0.4, 0.5) is 5.69 Å².